The minimum absolute atomic E-state index is 0.00973. The van der Waals surface area contributed by atoms with Crippen LogP contribution >= 0.6 is 55.1 Å². The minimum Gasteiger partial charge on any atom is -0.507 e. The predicted molar refractivity (Wildman–Crippen MR) is 222 cm³/mol. The number of carboxylic acid groups (broad SMARTS) is 1. The fraction of sp³-hybridized carbons (Fsp3) is 0.140. The number of carboxylic acids is 1. The Morgan fingerprint density at radius 2 is 1.28 bits per heavy atom. The number of carbonyl (C=O) groups is 3. The van der Waals surface area contributed by atoms with Crippen LogP contribution < -0.4 is 9.47 Å². The summed E-state index contributed by atoms with van der Waals surface area (Å²) in [5, 5.41) is 20.2. The molecule has 0 spiro atoms. The summed E-state index contributed by atoms with van der Waals surface area (Å²) in [5.74, 6) is -1.84. The molecule has 0 fully saturated rings. The van der Waals surface area contributed by atoms with Crippen molar-refractivity contribution in [1.29, 1.82) is 0 Å². The van der Waals surface area contributed by atoms with Crippen molar-refractivity contribution in [1.82, 2.24) is 4.57 Å². The molecule has 0 bridgehead atoms. The van der Waals surface area contributed by atoms with E-state index in [-0.39, 0.29) is 54.8 Å². The van der Waals surface area contributed by atoms with Crippen LogP contribution in [0, 0.1) is 18.6 Å². The molecule has 0 atom stereocenters. The Kier molecular flexibility index (Phi) is 14.7. The second-order valence-electron chi connectivity index (χ2n) is 12.7. The Morgan fingerprint density at radius 1 is 0.702 bits per heavy atom. The average Bonchev–Trinajstić information content (AvgIpc) is 3.55. The highest BCUT2D eigenvalue weighted by Gasteiger charge is 2.19. The highest BCUT2D eigenvalue weighted by Crippen LogP contribution is 2.37. The van der Waals surface area contributed by atoms with Gasteiger partial charge in [0.2, 0.25) is 0 Å². The fourth-order valence-electron chi connectivity index (χ4n) is 5.61. The molecule has 0 aliphatic carbocycles. The zero-order chi connectivity index (χ0) is 41.4. The molecule has 14 heteroatoms. The molecule has 294 valence electrons. The van der Waals surface area contributed by atoms with Gasteiger partial charge in [0.05, 0.1) is 11.3 Å². The second-order valence-corrected chi connectivity index (χ2v) is 15.4. The van der Waals surface area contributed by atoms with Gasteiger partial charge in [-0.25, -0.2) is 13.6 Å². The Morgan fingerprint density at radius 3 is 1.86 bits per heavy atom. The van der Waals surface area contributed by atoms with Crippen LogP contribution in [0.15, 0.2) is 112 Å². The minimum atomic E-state index is -1.23. The van der Waals surface area contributed by atoms with Gasteiger partial charge in [-0.15, -0.1) is 0 Å². The molecule has 0 amide bonds. The van der Waals surface area contributed by atoms with Crippen LogP contribution in [0.3, 0.4) is 0 Å². The number of aromatic carboxylic acids is 1. The molecule has 5 aromatic carbocycles. The lowest BCUT2D eigenvalue weighted by atomic mass is 10.0. The van der Waals surface area contributed by atoms with Crippen molar-refractivity contribution < 1.29 is 42.9 Å². The van der Waals surface area contributed by atoms with Crippen molar-refractivity contribution in [2.75, 3.05) is 0 Å². The molecule has 6 aromatic rings. The number of ketones is 2. The average molecular weight is 944 g/mol. The van der Waals surface area contributed by atoms with Crippen LogP contribution in [0.5, 0.6) is 17.2 Å². The Labute approximate surface area is 353 Å². The largest absolute Gasteiger partial charge is 0.507 e. The zero-order valence-corrected chi connectivity index (χ0v) is 35.0. The second kappa shape index (κ2) is 19.4. The molecular weight excluding hydrogens is 911 g/mol. The Hall–Kier alpha value is -5.01. The van der Waals surface area contributed by atoms with Crippen LogP contribution in [0.2, 0.25) is 10.0 Å². The van der Waals surface area contributed by atoms with Crippen molar-refractivity contribution in [2.24, 2.45) is 0 Å². The van der Waals surface area contributed by atoms with Crippen LogP contribution in [0.4, 0.5) is 8.78 Å². The van der Waals surface area contributed by atoms with Gasteiger partial charge in [0, 0.05) is 59.9 Å². The third kappa shape index (κ3) is 11.3. The normalized spacial score (nSPS) is 10.7. The first-order valence-corrected chi connectivity index (χ1v) is 19.5. The van der Waals surface area contributed by atoms with Gasteiger partial charge in [-0.1, -0.05) is 67.2 Å². The van der Waals surface area contributed by atoms with Crippen LogP contribution in [0.1, 0.15) is 57.3 Å². The predicted octanol–water partition coefficient (Wildman–Crippen LogP) is 12.4. The first kappa shape index (κ1) is 43.1. The monoisotopic (exact) mass is 941 g/mol. The first-order valence-electron chi connectivity index (χ1n) is 17.1. The Bertz CT molecular complexity index is 2470. The molecule has 1 aromatic heterocycles. The highest BCUT2D eigenvalue weighted by molar-refractivity contribution is 9.10. The van der Waals surface area contributed by atoms with Crippen LogP contribution in [-0.2, 0) is 18.0 Å². The van der Waals surface area contributed by atoms with E-state index in [2.05, 4.69) is 31.9 Å². The number of nitrogens with zero attached hydrogens (tertiary/aromatic N) is 1. The number of hydrogen-bond acceptors (Lipinski definition) is 6. The number of hydrogen-bond donors (Lipinski definition) is 2. The van der Waals surface area contributed by atoms with E-state index >= 15 is 0 Å². The van der Waals surface area contributed by atoms with Gasteiger partial charge in [-0.2, -0.15) is 0 Å². The van der Waals surface area contributed by atoms with E-state index in [1.165, 1.54) is 37.3 Å². The smallest absolute Gasteiger partial charge is 0.339 e. The fourth-order valence-corrected chi connectivity index (χ4v) is 6.62. The lowest BCUT2D eigenvalue weighted by Gasteiger charge is -2.17. The van der Waals surface area contributed by atoms with E-state index in [1.54, 1.807) is 60.7 Å². The molecule has 2 N–H and O–H groups in total. The summed E-state index contributed by atoms with van der Waals surface area (Å²) in [4.78, 5) is 34.8. The van der Waals surface area contributed by atoms with Crippen molar-refractivity contribution in [3.63, 3.8) is 0 Å². The van der Waals surface area contributed by atoms with E-state index in [0.717, 1.165) is 5.69 Å². The topological polar surface area (TPSA) is 115 Å². The number of ether oxygens (including phenoxy) is 2. The summed E-state index contributed by atoms with van der Waals surface area (Å²) in [6.45, 7) is 3.29. The van der Waals surface area contributed by atoms with E-state index in [4.69, 9.17) is 32.7 Å². The standard InChI is InChI=1S/C25H18BrClFNO4.C18H15BrClFO3/c1-14-2-7-22(29(14)18-6-8-23(30)20(12-18)25(31)32)19-11-17(27)5-9-24(19)33-13-15-3-4-16(26)10-21(15)28;1-11(22)2-6-17(23)15-9-14(20)5-7-18(15)24-10-12-3-4-13(19)8-16(12)21/h2-12,30H,13H2,1H3,(H,31,32);3-5,7-9H,2,6,10H2,1H3. The van der Waals surface area contributed by atoms with E-state index in [9.17, 15) is 33.4 Å². The third-order valence-corrected chi connectivity index (χ3v) is 9.96. The number of phenols is 1. The maximum absolute atomic E-state index is 14.3. The molecule has 0 radical (unpaired) electrons. The summed E-state index contributed by atoms with van der Waals surface area (Å²) in [5.41, 5.74) is 3.58. The number of Topliss-reactive ketones (excluding diaryl/α,β-unsaturated/α-hetero) is 2. The van der Waals surface area contributed by atoms with Crippen molar-refractivity contribution in [2.45, 2.75) is 39.9 Å². The van der Waals surface area contributed by atoms with Gasteiger partial charge in [0.1, 0.15) is 53.4 Å². The molecule has 0 saturated carbocycles. The summed E-state index contributed by atoms with van der Waals surface area (Å²) in [6.07, 6.45) is 0.241. The third-order valence-electron chi connectivity index (χ3n) is 8.51. The number of halogens is 6. The Balaban J connectivity index is 0.000000230. The molecule has 1 heterocycles. The summed E-state index contributed by atoms with van der Waals surface area (Å²) < 4.78 is 42.8. The zero-order valence-electron chi connectivity index (χ0n) is 30.3. The number of aryl methyl sites for hydroxylation is 1. The summed E-state index contributed by atoms with van der Waals surface area (Å²) in [6, 6.07) is 27.3. The summed E-state index contributed by atoms with van der Waals surface area (Å²) >= 11 is 18.7. The quantitative estimate of drug-likeness (QED) is 0.111. The van der Waals surface area contributed by atoms with Gasteiger partial charge in [0.15, 0.2) is 5.78 Å². The molecule has 57 heavy (non-hydrogen) atoms. The number of rotatable bonds is 13. The molecule has 8 nitrogen and oxygen atoms in total. The first-order chi connectivity index (χ1) is 27.1. The molecule has 6 rings (SSSR count). The van der Waals surface area contributed by atoms with Crippen LogP contribution in [-0.4, -0.2) is 32.3 Å². The maximum Gasteiger partial charge on any atom is 0.339 e. The number of aromatic nitrogens is 1. The van der Waals surface area contributed by atoms with Gasteiger partial charge < -0.3 is 29.0 Å². The molecule has 0 aliphatic heterocycles. The van der Waals surface area contributed by atoms with E-state index in [1.807, 2.05) is 23.6 Å². The lowest BCUT2D eigenvalue weighted by Crippen LogP contribution is -2.07. The van der Waals surface area contributed by atoms with Gasteiger partial charge >= 0.3 is 5.97 Å². The number of aromatic hydroxyl groups is 1. The lowest BCUT2D eigenvalue weighted by molar-refractivity contribution is -0.117. The van der Waals surface area contributed by atoms with E-state index < -0.39 is 11.8 Å². The SMILES string of the molecule is CC(=O)CCC(=O)c1cc(Cl)ccc1OCc1ccc(Br)cc1F.Cc1ccc(-c2cc(Cl)ccc2OCc2ccc(Br)cc2F)n1-c1ccc(O)c(C(=O)O)c1. The molecule has 0 aliphatic rings. The molecular formula is C43H33Br2Cl2F2NO7. The van der Waals surface area contributed by atoms with Crippen molar-refractivity contribution in [3.8, 4) is 34.2 Å². The van der Waals surface area contributed by atoms with Crippen LogP contribution in [0.25, 0.3) is 16.9 Å². The molecule has 0 unspecified atom stereocenters. The maximum atomic E-state index is 14.3. The van der Waals surface area contributed by atoms with Gasteiger partial charge in [-0.3, -0.25) is 4.79 Å². The van der Waals surface area contributed by atoms with Gasteiger partial charge in [0.25, 0.3) is 0 Å². The van der Waals surface area contributed by atoms with Gasteiger partial charge in [-0.05, 0) is 105 Å². The summed E-state index contributed by atoms with van der Waals surface area (Å²) in [7, 11) is 0. The van der Waals surface area contributed by atoms with Crippen molar-refractivity contribution >= 4 is 72.6 Å². The molecule has 0 saturated heterocycles. The number of carbonyl (C=O) groups excluding carboxylic acids is 2. The number of benzene rings is 5. The van der Waals surface area contributed by atoms with Crippen molar-refractivity contribution in [3.05, 3.63) is 162 Å². The van der Waals surface area contributed by atoms with E-state index in [0.29, 0.717) is 64.1 Å². The highest BCUT2D eigenvalue weighted by atomic mass is 79.9.